The van der Waals surface area contributed by atoms with E-state index in [-0.39, 0.29) is 24.1 Å². The van der Waals surface area contributed by atoms with Crippen molar-refractivity contribution in [2.45, 2.75) is 43.9 Å². The van der Waals surface area contributed by atoms with Gasteiger partial charge in [0.25, 0.3) is 0 Å². The minimum absolute atomic E-state index is 0.0465. The number of hydrogen-bond donors (Lipinski definition) is 2. The van der Waals surface area contributed by atoms with Crippen LogP contribution in [0.1, 0.15) is 43.2 Å². The Morgan fingerprint density at radius 1 is 1.00 bits per heavy atom. The summed E-state index contributed by atoms with van der Waals surface area (Å²) in [6, 6.07) is 13.5. The predicted octanol–water partition coefficient (Wildman–Crippen LogP) is 4.51. The van der Waals surface area contributed by atoms with Crippen molar-refractivity contribution in [2.75, 3.05) is 11.9 Å². The molecule has 0 bridgehead atoms. The molecule has 0 radical (unpaired) electrons. The van der Waals surface area contributed by atoms with Gasteiger partial charge in [0.1, 0.15) is 5.82 Å². The van der Waals surface area contributed by atoms with E-state index in [0.717, 1.165) is 43.2 Å². The first-order valence-electron chi connectivity index (χ1n) is 10.1. The largest absolute Gasteiger partial charge is 0.352 e. The van der Waals surface area contributed by atoms with Crippen LogP contribution in [-0.4, -0.2) is 18.4 Å². The highest BCUT2D eigenvalue weighted by Gasteiger charge is 2.40. The third-order valence-corrected chi connectivity index (χ3v) is 5.55. The van der Waals surface area contributed by atoms with E-state index in [9.17, 15) is 14.0 Å². The Balaban J connectivity index is 1.70. The summed E-state index contributed by atoms with van der Waals surface area (Å²) >= 11 is 0. The maximum atomic E-state index is 13.0. The lowest BCUT2D eigenvalue weighted by atomic mass is 9.68. The number of rotatable bonds is 7. The van der Waals surface area contributed by atoms with Gasteiger partial charge in [-0.25, -0.2) is 4.39 Å². The molecule has 1 fully saturated rings. The molecular weight excluding hydrogens is 367 g/mol. The minimum atomic E-state index is -0.516. The van der Waals surface area contributed by atoms with Gasteiger partial charge in [0, 0.05) is 12.2 Å². The van der Waals surface area contributed by atoms with Gasteiger partial charge in [-0.05, 0) is 48.2 Å². The molecule has 0 unspecified atom stereocenters. The third kappa shape index (κ3) is 5.11. The van der Waals surface area contributed by atoms with Crippen LogP contribution in [0.25, 0.3) is 0 Å². The summed E-state index contributed by atoms with van der Waals surface area (Å²) in [7, 11) is 0. The number of halogens is 1. The molecule has 0 atom stereocenters. The third-order valence-electron chi connectivity index (χ3n) is 5.55. The lowest BCUT2D eigenvalue weighted by Crippen LogP contribution is -2.45. The average Bonchev–Trinajstić information content (AvgIpc) is 2.74. The van der Waals surface area contributed by atoms with E-state index >= 15 is 0 Å². The summed E-state index contributed by atoms with van der Waals surface area (Å²) in [5, 5.41) is 5.83. The monoisotopic (exact) mass is 394 g/mol. The molecule has 1 aliphatic carbocycles. The van der Waals surface area contributed by atoms with E-state index in [1.165, 1.54) is 12.1 Å². The highest BCUT2D eigenvalue weighted by atomic mass is 19.1. The SMILES string of the molecule is C=CCNC(=O)C1(c2ccc(NC(=O)Cc3ccc(F)cc3)cc2)CCCCC1. The van der Waals surface area contributed by atoms with Crippen LogP contribution >= 0.6 is 0 Å². The van der Waals surface area contributed by atoms with Crippen LogP contribution in [0.2, 0.25) is 0 Å². The second-order valence-electron chi connectivity index (χ2n) is 7.57. The number of nitrogens with one attached hydrogen (secondary N) is 2. The van der Waals surface area contributed by atoms with E-state index < -0.39 is 5.41 Å². The van der Waals surface area contributed by atoms with Gasteiger partial charge in [0.05, 0.1) is 11.8 Å². The quantitative estimate of drug-likeness (QED) is 0.679. The van der Waals surface area contributed by atoms with Crippen molar-refractivity contribution in [3.8, 4) is 0 Å². The van der Waals surface area contributed by atoms with Gasteiger partial charge >= 0.3 is 0 Å². The standard InChI is InChI=1S/C24H27FN2O2/c1-2-16-26-23(29)24(14-4-3-5-15-24)19-8-12-21(13-9-19)27-22(28)17-18-6-10-20(25)11-7-18/h2,6-13H,1,3-5,14-17H2,(H,26,29)(H,27,28). The molecule has 0 saturated heterocycles. The average molecular weight is 394 g/mol. The lowest BCUT2D eigenvalue weighted by molar-refractivity contribution is -0.127. The summed E-state index contributed by atoms with van der Waals surface area (Å²) < 4.78 is 13.0. The molecular formula is C24H27FN2O2. The van der Waals surface area contributed by atoms with Crippen molar-refractivity contribution in [1.29, 1.82) is 0 Å². The highest BCUT2D eigenvalue weighted by Crippen LogP contribution is 2.40. The number of hydrogen-bond acceptors (Lipinski definition) is 2. The normalized spacial score (nSPS) is 15.3. The van der Waals surface area contributed by atoms with Crippen LogP contribution in [0.5, 0.6) is 0 Å². The number of carbonyl (C=O) groups is 2. The minimum Gasteiger partial charge on any atom is -0.352 e. The van der Waals surface area contributed by atoms with Gasteiger partial charge in [-0.2, -0.15) is 0 Å². The molecule has 2 amide bonds. The fourth-order valence-electron chi connectivity index (χ4n) is 4.00. The zero-order chi connectivity index (χ0) is 20.7. The maximum absolute atomic E-state index is 13.0. The first-order valence-corrected chi connectivity index (χ1v) is 10.1. The second kappa shape index (κ2) is 9.50. The Bertz CT molecular complexity index is 853. The summed E-state index contributed by atoms with van der Waals surface area (Å²) in [6.07, 6.45) is 6.71. The van der Waals surface area contributed by atoms with Crippen LogP contribution in [0, 0.1) is 5.82 Å². The molecule has 0 aromatic heterocycles. The Morgan fingerprint density at radius 3 is 2.28 bits per heavy atom. The van der Waals surface area contributed by atoms with Gasteiger partial charge < -0.3 is 10.6 Å². The molecule has 2 N–H and O–H groups in total. The van der Waals surface area contributed by atoms with Crippen LogP contribution in [0.3, 0.4) is 0 Å². The summed E-state index contributed by atoms with van der Waals surface area (Å²) in [6.45, 7) is 4.13. The molecule has 1 saturated carbocycles. The summed E-state index contributed by atoms with van der Waals surface area (Å²) in [4.78, 5) is 25.2. The maximum Gasteiger partial charge on any atom is 0.230 e. The van der Waals surface area contributed by atoms with Gasteiger partial charge in [-0.15, -0.1) is 6.58 Å². The van der Waals surface area contributed by atoms with Crippen LogP contribution in [0.15, 0.2) is 61.2 Å². The number of benzene rings is 2. The molecule has 0 spiro atoms. The van der Waals surface area contributed by atoms with E-state index in [2.05, 4.69) is 17.2 Å². The van der Waals surface area contributed by atoms with Crippen molar-refractivity contribution in [1.82, 2.24) is 5.32 Å². The molecule has 4 nitrogen and oxygen atoms in total. The first-order chi connectivity index (χ1) is 14.0. The van der Waals surface area contributed by atoms with Crippen molar-refractivity contribution < 1.29 is 14.0 Å². The summed E-state index contributed by atoms with van der Waals surface area (Å²) in [5.41, 5.74) is 1.90. The number of anilines is 1. The Morgan fingerprint density at radius 2 is 1.66 bits per heavy atom. The van der Waals surface area contributed by atoms with Gasteiger partial charge in [-0.1, -0.05) is 49.6 Å². The van der Waals surface area contributed by atoms with Gasteiger partial charge in [0.2, 0.25) is 11.8 Å². The topological polar surface area (TPSA) is 58.2 Å². The van der Waals surface area contributed by atoms with Crippen molar-refractivity contribution in [2.24, 2.45) is 0 Å². The lowest BCUT2D eigenvalue weighted by Gasteiger charge is -2.36. The highest BCUT2D eigenvalue weighted by molar-refractivity contribution is 5.92. The Hall–Kier alpha value is -2.95. The van der Waals surface area contributed by atoms with E-state index in [4.69, 9.17) is 0 Å². The van der Waals surface area contributed by atoms with Crippen LogP contribution in [-0.2, 0) is 21.4 Å². The molecule has 0 aliphatic heterocycles. The fraction of sp³-hybridized carbons (Fsp3) is 0.333. The molecule has 2 aromatic rings. The van der Waals surface area contributed by atoms with Crippen LogP contribution < -0.4 is 10.6 Å². The van der Waals surface area contributed by atoms with E-state index in [0.29, 0.717) is 12.2 Å². The zero-order valence-electron chi connectivity index (χ0n) is 16.5. The Labute approximate surface area is 171 Å². The van der Waals surface area contributed by atoms with Gasteiger partial charge in [-0.3, -0.25) is 9.59 Å². The van der Waals surface area contributed by atoms with Crippen molar-refractivity contribution in [3.05, 3.63) is 78.1 Å². The molecule has 152 valence electrons. The van der Waals surface area contributed by atoms with Gasteiger partial charge in [0.15, 0.2) is 0 Å². The second-order valence-corrected chi connectivity index (χ2v) is 7.57. The number of amides is 2. The fourth-order valence-corrected chi connectivity index (χ4v) is 4.00. The van der Waals surface area contributed by atoms with E-state index in [1.807, 2.05) is 24.3 Å². The molecule has 0 heterocycles. The Kier molecular flexibility index (Phi) is 6.81. The van der Waals surface area contributed by atoms with Crippen molar-refractivity contribution in [3.63, 3.8) is 0 Å². The van der Waals surface area contributed by atoms with Crippen molar-refractivity contribution >= 4 is 17.5 Å². The molecule has 1 aliphatic rings. The predicted molar refractivity (Wildman–Crippen MR) is 113 cm³/mol. The summed E-state index contributed by atoms with van der Waals surface area (Å²) in [5.74, 6) is -0.441. The smallest absolute Gasteiger partial charge is 0.230 e. The first kappa shape index (κ1) is 20.8. The number of carbonyl (C=O) groups excluding carboxylic acids is 2. The van der Waals surface area contributed by atoms with E-state index in [1.54, 1.807) is 18.2 Å². The molecule has 5 heteroatoms. The zero-order valence-corrected chi connectivity index (χ0v) is 16.5. The molecule has 29 heavy (non-hydrogen) atoms. The molecule has 2 aromatic carbocycles. The molecule has 3 rings (SSSR count). The van der Waals surface area contributed by atoms with Crippen LogP contribution in [0.4, 0.5) is 10.1 Å².